The summed E-state index contributed by atoms with van der Waals surface area (Å²) in [7, 11) is 0. The van der Waals surface area contributed by atoms with Crippen molar-refractivity contribution in [2.75, 3.05) is 11.9 Å². The second-order valence-electron chi connectivity index (χ2n) is 4.56. The smallest absolute Gasteiger partial charge is 0.156 e. The van der Waals surface area contributed by atoms with E-state index in [0.29, 0.717) is 0 Å². The summed E-state index contributed by atoms with van der Waals surface area (Å²) >= 11 is 0. The van der Waals surface area contributed by atoms with Gasteiger partial charge in [0.05, 0.1) is 5.69 Å². The Morgan fingerprint density at radius 3 is 2.67 bits per heavy atom. The maximum atomic E-state index is 5.90. The van der Waals surface area contributed by atoms with Crippen molar-refractivity contribution in [3.8, 4) is 0 Å². The number of fused-ring (bicyclic) bond motifs is 1. The van der Waals surface area contributed by atoms with Gasteiger partial charge in [0.2, 0.25) is 0 Å². The first-order chi connectivity index (χ1) is 8.72. The predicted molar refractivity (Wildman–Crippen MR) is 75.6 cm³/mol. The second-order valence-corrected chi connectivity index (χ2v) is 4.56. The van der Waals surface area contributed by atoms with E-state index in [1.54, 1.807) is 0 Å². The van der Waals surface area contributed by atoms with Gasteiger partial charge in [-0.2, -0.15) is 5.10 Å². The Balaban J connectivity index is 2.16. The van der Waals surface area contributed by atoms with Crippen LogP contribution in [0.1, 0.15) is 25.5 Å². The largest absolute Gasteiger partial charge is 0.368 e. The number of hydrogen-bond acceptors (Lipinski definition) is 4. The van der Waals surface area contributed by atoms with Crippen LogP contribution in [0.4, 0.5) is 5.82 Å². The van der Waals surface area contributed by atoms with Crippen LogP contribution in [-0.4, -0.2) is 22.8 Å². The van der Waals surface area contributed by atoms with Crippen molar-refractivity contribution in [1.82, 2.24) is 10.2 Å². The number of anilines is 1. The van der Waals surface area contributed by atoms with Gasteiger partial charge in [0.1, 0.15) is 0 Å². The molecular weight excluding hydrogens is 224 g/mol. The zero-order valence-electron chi connectivity index (χ0n) is 11.0. The van der Waals surface area contributed by atoms with Crippen LogP contribution in [0.15, 0.2) is 24.3 Å². The van der Waals surface area contributed by atoms with Crippen LogP contribution in [0.3, 0.4) is 0 Å². The van der Waals surface area contributed by atoms with Gasteiger partial charge in [-0.25, -0.2) is 0 Å². The maximum absolute atomic E-state index is 5.90. The van der Waals surface area contributed by atoms with E-state index in [1.165, 1.54) is 0 Å². The zero-order valence-corrected chi connectivity index (χ0v) is 11.0. The molecule has 0 aliphatic heterocycles. The van der Waals surface area contributed by atoms with E-state index >= 15 is 0 Å². The van der Waals surface area contributed by atoms with Gasteiger partial charge in [0.25, 0.3) is 0 Å². The Bertz CT molecular complexity index is 524. The highest BCUT2D eigenvalue weighted by Crippen LogP contribution is 2.22. The first-order valence-electron chi connectivity index (χ1n) is 6.44. The summed E-state index contributed by atoms with van der Waals surface area (Å²) in [5, 5.41) is 14.0. The fourth-order valence-corrected chi connectivity index (χ4v) is 1.95. The van der Waals surface area contributed by atoms with Crippen LogP contribution < -0.4 is 11.1 Å². The predicted octanol–water partition coefficient (Wildman–Crippen LogP) is 2.48. The standard InChI is InChI=1S/C14H20N4/c1-3-11(15)8-9-16-14-13-7-5-4-6-12(13)10(2)17-18-14/h4-7,11H,3,8-9,15H2,1-2H3,(H,16,18). The Labute approximate surface area is 108 Å². The lowest BCUT2D eigenvalue weighted by atomic mass is 10.1. The summed E-state index contributed by atoms with van der Waals surface area (Å²) in [6, 6.07) is 8.43. The summed E-state index contributed by atoms with van der Waals surface area (Å²) in [5.41, 5.74) is 6.86. The Morgan fingerprint density at radius 2 is 1.94 bits per heavy atom. The molecule has 0 aliphatic rings. The van der Waals surface area contributed by atoms with Gasteiger partial charge in [-0.3, -0.25) is 0 Å². The third kappa shape index (κ3) is 2.76. The van der Waals surface area contributed by atoms with Gasteiger partial charge in [-0.1, -0.05) is 31.2 Å². The molecule has 96 valence electrons. The van der Waals surface area contributed by atoms with Gasteiger partial charge >= 0.3 is 0 Å². The summed E-state index contributed by atoms with van der Waals surface area (Å²) in [5.74, 6) is 0.847. The quantitative estimate of drug-likeness (QED) is 0.848. The minimum Gasteiger partial charge on any atom is -0.368 e. The van der Waals surface area contributed by atoms with E-state index in [9.17, 15) is 0 Å². The van der Waals surface area contributed by atoms with Crippen molar-refractivity contribution in [2.24, 2.45) is 5.73 Å². The Morgan fingerprint density at radius 1 is 1.22 bits per heavy atom. The molecule has 0 aliphatic carbocycles. The summed E-state index contributed by atoms with van der Waals surface area (Å²) in [4.78, 5) is 0. The maximum Gasteiger partial charge on any atom is 0.156 e. The highest BCUT2D eigenvalue weighted by Gasteiger charge is 2.06. The van der Waals surface area contributed by atoms with Crippen LogP contribution in [-0.2, 0) is 0 Å². The number of aryl methyl sites for hydroxylation is 1. The van der Waals surface area contributed by atoms with E-state index in [-0.39, 0.29) is 6.04 Å². The van der Waals surface area contributed by atoms with E-state index in [0.717, 1.165) is 41.7 Å². The molecule has 0 radical (unpaired) electrons. The summed E-state index contributed by atoms with van der Waals surface area (Å²) in [6.07, 6.45) is 1.95. The molecule has 2 rings (SSSR count). The van der Waals surface area contributed by atoms with Crippen molar-refractivity contribution >= 4 is 16.6 Å². The summed E-state index contributed by atoms with van der Waals surface area (Å²) in [6.45, 7) is 4.91. The Kier molecular flexibility index (Phi) is 4.10. The average molecular weight is 244 g/mol. The van der Waals surface area contributed by atoms with E-state index in [2.05, 4.69) is 34.6 Å². The molecular formula is C14H20N4. The molecule has 1 heterocycles. The second kappa shape index (κ2) is 5.78. The molecule has 1 atom stereocenters. The summed E-state index contributed by atoms with van der Waals surface area (Å²) < 4.78 is 0. The van der Waals surface area contributed by atoms with Gasteiger partial charge < -0.3 is 11.1 Å². The Hall–Kier alpha value is -1.68. The zero-order chi connectivity index (χ0) is 13.0. The van der Waals surface area contributed by atoms with Crippen molar-refractivity contribution in [3.63, 3.8) is 0 Å². The average Bonchev–Trinajstić information content (AvgIpc) is 2.41. The monoisotopic (exact) mass is 244 g/mol. The van der Waals surface area contributed by atoms with Gasteiger partial charge in [0, 0.05) is 23.4 Å². The number of nitrogens with two attached hydrogens (primary N) is 1. The highest BCUT2D eigenvalue weighted by atomic mass is 15.2. The lowest BCUT2D eigenvalue weighted by Crippen LogP contribution is -2.22. The normalized spacial score (nSPS) is 12.6. The van der Waals surface area contributed by atoms with Gasteiger partial charge in [0.15, 0.2) is 5.82 Å². The molecule has 0 bridgehead atoms. The number of nitrogens with one attached hydrogen (secondary N) is 1. The van der Waals surface area contributed by atoms with Crippen LogP contribution in [0.5, 0.6) is 0 Å². The molecule has 3 N–H and O–H groups in total. The van der Waals surface area contributed by atoms with Crippen molar-refractivity contribution < 1.29 is 0 Å². The number of benzene rings is 1. The molecule has 1 aromatic carbocycles. The molecule has 18 heavy (non-hydrogen) atoms. The fourth-order valence-electron chi connectivity index (χ4n) is 1.95. The number of nitrogens with zero attached hydrogens (tertiary/aromatic N) is 2. The minimum absolute atomic E-state index is 0.252. The molecule has 0 spiro atoms. The van der Waals surface area contributed by atoms with E-state index in [1.807, 2.05) is 19.1 Å². The number of aromatic nitrogens is 2. The van der Waals surface area contributed by atoms with Crippen molar-refractivity contribution in [2.45, 2.75) is 32.7 Å². The number of rotatable bonds is 5. The lowest BCUT2D eigenvalue weighted by Gasteiger charge is -2.11. The molecule has 2 aromatic rings. The first kappa shape index (κ1) is 12.8. The lowest BCUT2D eigenvalue weighted by molar-refractivity contribution is 0.613. The van der Waals surface area contributed by atoms with Crippen LogP contribution in [0.25, 0.3) is 10.8 Å². The van der Waals surface area contributed by atoms with E-state index < -0.39 is 0 Å². The fraction of sp³-hybridized carbons (Fsp3) is 0.429. The molecule has 1 unspecified atom stereocenters. The molecule has 0 saturated carbocycles. The third-order valence-corrected chi connectivity index (χ3v) is 3.20. The highest BCUT2D eigenvalue weighted by molar-refractivity contribution is 5.92. The molecule has 0 fully saturated rings. The third-order valence-electron chi connectivity index (χ3n) is 3.20. The first-order valence-corrected chi connectivity index (χ1v) is 6.44. The van der Waals surface area contributed by atoms with Crippen LogP contribution in [0, 0.1) is 6.92 Å². The molecule has 0 amide bonds. The van der Waals surface area contributed by atoms with E-state index in [4.69, 9.17) is 5.73 Å². The van der Waals surface area contributed by atoms with Crippen LogP contribution >= 0.6 is 0 Å². The number of hydrogen-bond donors (Lipinski definition) is 2. The van der Waals surface area contributed by atoms with Gasteiger partial charge in [-0.15, -0.1) is 5.10 Å². The van der Waals surface area contributed by atoms with Crippen molar-refractivity contribution in [1.29, 1.82) is 0 Å². The van der Waals surface area contributed by atoms with Gasteiger partial charge in [-0.05, 0) is 19.8 Å². The minimum atomic E-state index is 0.252. The molecule has 1 aromatic heterocycles. The van der Waals surface area contributed by atoms with Crippen LogP contribution in [0.2, 0.25) is 0 Å². The molecule has 4 heteroatoms. The SMILES string of the molecule is CCC(N)CCNc1nnc(C)c2ccccc12. The molecule has 4 nitrogen and oxygen atoms in total. The molecule has 0 saturated heterocycles. The topological polar surface area (TPSA) is 63.8 Å². The van der Waals surface area contributed by atoms with Crippen molar-refractivity contribution in [3.05, 3.63) is 30.0 Å².